The first-order valence-corrected chi connectivity index (χ1v) is 8.83. The molecule has 1 aromatic rings. The third-order valence-electron chi connectivity index (χ3n) is 3.35. The summed E-state index contributed by atoms with van der Waals surface area (Å²) in [5.41, 5.74) is 1.96. The van der Waals surface area contributed by atoms with Gasteiger partial charge in [-0.05, 0) is 12.8 Å². The van der Waals surface area contributed by atoms with E-state index in [0.717, 1.165) is 28.4 Å². The molecule has 126 valence electrons. The van der Waals surface area contributed by atoms with Crippen LogP contribution < -0.4 is 10.6 Å². The Bertz CT molecular complexity index is 622. The summed E-state index contributed by atoms with van der Waals surface area (Å²) in [6, 6.07) is -0.436. The number of hydrogen-bond acceptors (Lipinski definition) is 4. The maximum atomic E-state index is 11.9. The van der Waals surface area contributed by atoms with Gasteiger partial charge < -0.3 is 5.32 Å². The van der Waals surface area contributed by atoms with E-state index in [4.69, 9.17) is 0 Å². The quantitative estimate of drug-likeness (QED) is 0.763. The van der Waals surface area contributed by atoms with Crippen molar-refractivity contribution < 1.29 is 13.2 Å². The van der Waals surface area contributed by atoms with Gasteiger partial charge in [-0.1, -0.05) is 13.8 Å². The molecular formula is C13H25N5O3S. The standard InChI is InChI=1S/C13H25N5O3S/c1-6-10-11(7-2)16-18(5)12(10)15-13(19)14-8-9-22(20,21)17(3)4/h6-9H2,1-5H3,(H2,14,15,19). The molecule has 0 saturated heterocycles. The van der Waals surface area contributed by atoms with E-state index in [1.54, 1.807) is 11.7 Å². The molecule has 0 spiro atoms. The molecule has 0 aliphatic carbocycles. The first kappa shape index (κ1) is 18.4. The fraction of sp³-hybridized carbons (Fsp3) is 0.692. The van der Waals surface area contributed by atoms with Crippen molar-refractivity contribution in [1.29, 1.82) is 0 Å². The van der Waals surface area contributed by atoms with Crippen molar-refractivity contribution in [2.24, 2.45) is 7.05 Å². The summed E-state index contributed by atoms with van der Waals surface area (Å²) in [4.78, 5) is 11.9. The Kier molecular flexibility index (Phi) is 6.36. The van der Waals surface area contributed by atoms with Crippen LogP contribution in [0.15, 0.2) is 0 Å². The number of amides is 2. The summed E-state index contributed by atoms with van der Waals surface area (Å²) in [6.45, 7) is 4.06. The molecule has 0 aliphatic heterocycles. The molecule has 1 aromatic heterocycles. The number of aryl methyl sites for hydroxylation is 2. The molecule has 0 atom stereocenters. The maximum Gasteiger partial charge on any atom is 0.320 e. The number of nitrogens with one attached hydrogen (secondary N) is 2. The predicted octanol–water partition coefficient (Wildman–Crippen LogP) is 0.558. The highest BCUT2D eigenvalue weighted by Gasteiger charge is 2.17. The van der Waals surface area contributed by atoms with E-state index in [1.807, 2.05) is 13.8 Å². The SMILES string of the molecule is CCc1nn(C)c(NC(=O)NCCS(=O)(=O)N(C)C)c1CC. The Morgan fingerprint density at radius 2 is 1.91 bits per heavy atom. The minimum atomic E-state index is -3.31. The lowest BCUT2D eigenvalue weighted by Gasteiger charge is -2.12. The van der Waals surface area contributed by atoms with Gasteiger partial charge in [-0.15, -0.1) is 0 Å². The number of carbonyl (C=O) groups is 1. The van der Waals surface area contributed by atoms with Crippen LogP contribution in [0.4, 0.5) is 10.6 Å². The molecule has 2 N–H and O–H groups in total. The van der Waals surface area contributed by atoms with Crippen molar-refractivity contribution in [3.8, 4) is 0 Å². The van der Waals surface area contributed by atoms with Crippen LogP contribution in [0.3, 0.4) is 0 Å². The van der Waals surface area contributed by atoms with Gasteiger partial charge in [0, 0.05) is 33.3 Å². The second kappa shape index (κ2) is 7.59. The van der Waals surface area contributed by atoms with Crippen molar-refractivity contribution in [2.45, 2.75) is 26.7 Å². The van der Waals surface area contributed by atoms with Gasteiger partial charge in [-0.25, -0.2) is 17.5 Å². The Morgan fingerprint density at radius 3 is 2.41 bits per heavy atom. The Balaban J connectivity index is 2.65. The van der Waals surface area contributed by atoms with Gasteiger partial charge >= 0.3 is 6.03 Å². The third kappa shape index (κ3) is 4.44. The van der Waals surface area contributed by atoms with Crippen molar-refractivity contribution in [3.63, 3.8) is 0 Å². The van der Waals surface area contributed by atoms with Crippen molar-refractivity contribution in [3.05, 3.63) is 11.3 Å². The highest BCUT2D eigenvalue weighted by Crippen LogP contribution is 2.20. The number of carbonyl (C=O) groups excluding carboxylic acids is 1. The van der Waals surface area contributed by atoms with Crippen LogP contribution in [0.25, 0.3) is 0 Å². The minimum absolute atomic E-state index is 0.0479. The normalized spacial score (nSPS) is 11.7. The van der Waals surface area contributed by atoms with Crippen LogP contribution in [-0.4, -0.2) is 54.9 Å². The van der Waals surface area contributed by atoms with Gasteiger partial charge in [0.25, 0.3) is 0 Å². The summed E-state index contributed by atoms with van der Waals surface area (Å²) in [6.07, 6.45) is 1.56. The lowest BCUT2D eigenvalue weighted by atomic mass is 10.1. The van der Waals surface area contributed by atoms with Crippen LogP contribution in [0.1, 0.15) is 25.1 Å². The lowest BCUT2D eigenvalue weighted by molar-refractivity contribution is 0.252. The first-order valence-electron chi connectivity index (χ1n) is 7.22. The van der Waals surface area contributed by atoms with Gasteiger partial charge in [0.2, 0.25) is 10.0 Å². The number of rotatable bonds is 7. The number of hydrogen-bond donors (Lipinski definition) is 2. The van der Waals surface area contributed by atoms with Gasteiger partial charge in [0.1, 0.15) is 5.82 Å². The number of aromatic nitrogens is 2. The van der Waals surface area contributed by atoms with Crippen LogP contribution in [0.2, 0.25) is 0 Å². The molecule has 0 unspecified atom stereocenters. The van der Waals surface area contributed by atoms with Crippen LogP contribution in [0, 0.1) is 0 Å². The van der Waals surface area contributed by atoms with E-state index < -0.39 is 16.1 Å². The second-order valence-corrected chi connectivity index (χ2v) is 7.39. The van der Waals surface area contributed by atoms with E-state index in [1.165, 1.54) is 14.1 Å². The average Bonchev–Trinajstić information content (AvgIpc) is 2.74. The van der Waals surface area contributed by atoms with E-state index >= 15 is 0 Å². The summed E-state index contributed by atoms with van der Waals surface area (Å²) < 4.78 is 26.0. The fourth-order valence-electron chi connectivity index (χ4n) is 2.06. The molecule has 0 aromatic carbocycles. The molecule has 0 radical (unpaired) electrons. The zero-order valence-corrected chi connectivity index (χ0v) is 14.6. The van der Waals surface area contributed by atoms with Crippen LogP contribution in [0.5, 0.6) is 0 Å². The van der Waals surface area contributed by atoms with Crippen molar-refractivity contribution >= 4 is 21.9 Å². The maximum absolute atomic E-state index is 11.9. The Morgan fingerprint density at radius 1 is 1.27 bits per heavy atom. The molecule has 1 heterocycles. The van der Waals surface area contributed by atoms with Crippen molar-refractivity contribution in [1.82, 2.24) is 19.4 Å². The summed E-state index contributed by atoms with van der Waals surface area (Å²) in [5, 5.41) is 9.66. The molecule has 9 heteroatoms. The van der Waals surface area contributed by atoms with Crippen LogP contribution in [-0.2, 0) is 29.9 Å². The molecule has 2 amide bonds. The highest BCUT2D eigenvalue weighted by atomic mass is 32.2. The average molecular weight is 331 g/mol. The minimum Gasteiger partial charge on any atom is -0.337 e. The number of urea groups is 1. The fourth-order valence-corrected chi connectivity index (χ4v) is 2.79. The number of nitrogens with zero attached hydrogens (tertiary/aromatic N) is 3. The molecule has 0 fully saturated rings. The van der Waals surface area contributed by atoms with Gasteiger partial charge in [-0.2, -0.15) is 5.10 Å². The summed E-state index contributed by atoms with van der Waals surface area (Å²) >= 11 is 0. The highest BCUT2D eigenvalue weighted by molar-refractivity contribution is 7.89. The Hall–Kier alpha value is -1.61. The summed E-state index contributed by atoms with van der Waals surface area (Å²) in [5.74, 6) is 0.506. The van der Waals surface area contributed by atoms with Crippen molar-refractivity contribution in [2.75, 3.05) is 31.7 Å². The topological polar surface area (TPSA) is 96.3 Å². The van der Waals surface area contributed by atoms with E-state index in [-0.39, 0.29) is 12.3 Å². The molecule has 22 heavy (non-hydrogen) atoms. The van der Waals surface area contributed by atoms with E-state index in [0.29, 0.717) is 5.82 Å². The predicted molar refractivity (Wildman–Crippen MR) is 86.5 cm³/mol. The molecular weight excluding hydrogens is 306 g/mol. The van der Waals surface area contributed by atoms with E-state index in [9.17, 15) is 13.2 Å². The van der Waals surface area contributed by atoms with Gasteiger partial charge in [0.05, 0.1) is 11.4 Å². The lowest BCUT2D eigenvalue weighted by Crippen LogP contribution is -2.36. The number of anilines is 1. The van der Waals surface area contributed by atoms with Gasteiger partial charge in [0.15, 0.2) is 0 Å². The molecule has 0 saturated carbocycles. The smallest absolute Gasteiger partial charge is 0.320 e. The zero-order chi connectivity index (χ0) is 16.9. The second-order valence-electron chi connectivity index (χ2n) is 5.08. The molecule has 1 rings (SSSR count). The first-order chi connectivity index (χ1) is 10.2. The molecule has 0 aliphatic rings. The molecule has 0 bridgehead atoms. The largest absolute Gasteiger partial charge is 0.337 e. The third-order valence-corrected chi connectivity index (χ3v) is 5.18. The summed E-state index contributed by atoms with van der Waals surface area (Å²) in [7, 11) is 1.38. The van der Waals surface area contributed by atoms with Gasteiger partial charge in [-0.3, -0.25) is 10.00 Å². The Labute approximate surface area is 131 Å². The van der Waals surface area contributed by atoms with E-state index in [2.05, 4.69) is 15.7 Å². The van der Waals surface area contributed by atoms with Crippen LogP contribution >= 0.6 is 0 Å². The monoisotopic (exact) mass is 331 g/mol. The number of sulfonamides is 1. The molecule has 8 nitrogen and oxygen atoms in total. The zero-order valence-electron chi connectivity index (χ0n) is 13.8.